The molecule has 0 atom stereocenters. The van der Waals surface area contributed by atoms with Gasteiger partial charge < -0.3 is 11.1 Å². The molecule has 0 aliphatic heterocycles. The molecule has 19 heavy (non-hydrogen) atoms. The molecule has 0 fully saturated rings. The zero-order chi connectivity index (χ0) is 14.0. The molecular formula is C12H18N6O. The molecule has 0 aliphatic carbocycles. The van der Waals surface area contributed by atoms with Crippen LogP contribution in [0.5, 0.6) is 0 Å². The van der Waals surface area contributed by atoms with E-state index in [0.717, 1.165) is 17.7 Å². The maximum Gasteiger partial charge on any atom is 0.269 e. The van der Waals surface area contributed by atoms with E-state index in [4.69, 9.17) is 5.73 Å². The molecule has 0 aliphatic rings. The fourth-order valence-corrected chi connectivity index (χ4v) is 1.81. The zero-order valence-electron chi connectivity index (χ0n) is 11.3. The second-order valence-electron chi connectivity index (χ2n) is 4.36. The summed E-state index contributed by atoms with van der Waals surface area (Å²) in [6.45, 7) is 2.35. The zero-order valence-corrected chi connectivity index (χ0v) is 11.3. The Morgan fingerprint density at radius 2 is 2.16 bits per heavy atom. The smallest absolute Gasteiger partial charge is 0.269 e. The van der Waals surface area contributed by atoms with E-state index >= 15 is 0 Å². The normalized spacial score (nSPS) is 10.7. The molecule has 2 rings (SSSR count). The van der Waals surface area contributed by atoms with E-state index in [-0.39, 0.29) is 5.91 Å². The van der Waals surface area contributed by atoms with Crippen molar-refractivity contribution in [3.05, 3.63) is 29.2 Å². The Balaban J connectivity index is 2.05. The number of aromatic nitrogens is 4. The lowest BCUT2D eigenvalue weighted by Gasteiger charge is -2.04. The highest BCUT2D eigenvalue weighted by Gasteiger charge is 2.13. The highest BCUT2D eigenvalue weighted by Crippen LogP contribution is 2.09. The fourth-order valence-electron chi connectivity index (χ4n) is 1.81. The fraction of sp³-hybridized carbons (Fsp3) is 0.417. The maximum atomic E-state index is 12.0. The van der Waals surface area contributed by atoms with Gasteiger partial charge in [0.25, 0.3) is 5.91 Å². The first-order valence-electron chi connectivity index (χ1n) is 6.10. The molecule has 0 bridgehead atoms. The minimum absolute atomic E-state index is 0.169. The predicted octanol–water partition coefficient (Wildman–Crippen LogP) is 0.228. The number of aryl methyl sites for hydroxylation is 3. The summed E-state index contributed by atoms with van der Waals surface area (Å²) in [4.78, 5) is 12.0. The minimum atomic E-state index is -0.169. The Morgan fingerprint density at radius 1 is 1.42 bits per heavy atom. The van der Waals surface area contributed by atoms with Crippen molar-refractivity contribution < 1.29 is 4.79 Å². The lowest BCUT2D eigenvalue weighted by molar-refractivity contribution is 0.0941. The molecule has 0 saturated carbocycles. The van der Waals surface area contributed by atoms with Crippen LogP contribution in [0.2, 0.25) is 0 Å². The third-order valence-electron chi connectivity index (χ3n) is 3.03. The van der Waals surface area contributed by atoms with E-state index in [9.17, 15) is 4.79 Å². The van der Waals surface area contributed by atoms with Gasteiger partial charge in [-0.15, -0.1) is 0 Å². The van der Waals surface area contributed by atoms with Gasteiger partial charge in [0.15, 0.2) is 0 Å². The monoisotopic (exact) mass is 262 g/mol. The number of amides is 1. The number of hydrogen-bond donors (Lipinski definition) is 2. The van der Waals surface area contributed by atoms with E-state index in [1.165, 1.54) is 0 Å². The number of nitrogen functional groups attached to an aromatic ring is 1. The lowest BCUT2D eigenvalue weighted by Crippen LogP contribution is -2.25. The Morgan fingerprint density at radius 3 is 2.68 bits per heavy atom. The molecule has 7 heteroatoms. The summed E-state index contributed by atoms with van der Waals surface area (Å²) < 4.78 is 3.15. The van der Waals surface area contributed by atoms with Gasteiger partial charge in [-0.25, -0.2) is 0 Å². The number of carbonyl (C=O) groups is 1. The van der Waals surface area contributed by atoms with Crippen LogP contribution in [0.4, 0.5) is 5.82 Å². The molecule has 2 aromatic rings. The first-order valence-corrected chi connectivity index (χ1v) is 6.10. The summed E-state index contributed by atoms with van der Waals surface area (Å²) in [5.74, 6) is 0.387. The molecule has 1 amide bonds. The van der Waals surface area contributed by atoms with Crippen LogP contribution in [0.25, 0.3) is 0 Å². The first-order chi connectivity index (χ1) is 9.02. The number of carbonyl (C=O) groups excluding carboxylic acids is 1. The van der Waals surface area contributed by atoms with Crippen molar-refractivity contribution in [1.82, 2.24) is 24.9 Å². The van der Waals surface area contributed by atoms with E-state index in [1.807, 2.05) is 6.92 Å². The topological polar surface area (TPSA) is 90.8 Å². The molecule has 0 spiro atoms. The number of nitrogens with one attached hydrogen (secondary N) is 1. The van der Waals surface area contributed by atoms with E-state index < -0.39 is 0 Å². The van der Waals surface area contributed by atoms with Crippen LogP contribution in [-0.2, 0) is 27.1 Å². The van der Waals surface area contributed by atoms with Crippen molar-refractivity contribution in [2.24, 2.45) is 14.1 Å². The number of rotatable bonds is 4. The van der Waals surface area contributed by atoms with E-state index in [2.05, 4.69) is 15.5 Å². The van der Waals surface area contributed by atoms with Gasteiger partial charge in [0, 0.05) is 26.2 Å². The Labute approximate surface area is 111 Å². The summed E-state index contributed by atoms with van der Waals surface area (Å²) in [7, 11) is 3.52. The Hall–Kier alpha value is -2.31. The predicted molar refractivity (Wildman–Crippen MR) is 71.4 cm³/mol. The van der Waals surface area contributed by atoms with Crippen molar-refractivity contribution in [3.8, 4) is 0 Å². The summed E-state index contributed by atoms with van der Waals surface area (Å²) >= 11 is 0. The van der Waals surface area contributed by atoms with Crippen LogP contribution in [0.15, 0.2) is 12.3 Å². The molecular weight excluding hydrogens is 244 g/mol. The summed E-state index contributed by atoms with van der Waals surface area (Å²) in [5, 5.41) is 11.1. The van der Waals surface area contributed by atoms with Crippen molar-refractivity contribution in [3.63, 3.8) is 0 Å². The van der Waals surface area contributed by atoms with Gasteiger partial charge in [-0.1, -0.05) is 6.92 Å². The van der Waals surface area contributed by atoms with Crippen molar-refractivity contribution in [2.45, 2.75) is 19.9 Å². The van der Waals surface area contributed by atoms with Crippen LogP contribution in [0.1, 0.15) is 28.7 Å². The van der Waals surface area contributed by atoms with Crippen LogP contribution in [0, 0.1) is 0 Å². The summed E-state index contributed by atoms with van der Waals surface area (Å²) in [5.41, 5.74) is 8.05. The molecule has 2 heterocycles. The van der Waals surface area contributed by atoms with Crippen molar-refractivity contribution in [2.75, 3.05) is 5.73 Å². The Bertz CT molecular complexity index is 597. The van der Waals surface area contributed by atoms with Gasteiger partial charge in [-0.3, -0.25) is 14.2 Å². The van der Waals surface area contributed by atoms with Gasteiger partial charge >= 0.3 is 0 Å². The maximum absolute atomic E-state index is 12.0. The average molecular weight is 262 g/mol. The number of anilines is 1. The number of hydrogen-bond acceptors (Lipinski definition) is 4. The van der Waals surface area contributed by atoms with Crippen LogP contribution >= 0.6 is 0 Å². The quantitative estimate of drug-likeness (QED) is 0.825. The standard InChI is InChI=1S/C12H18N6O/c1-4-9-5-10(17(2)16-9)12(19)14-6-8-7-15-18(3)11(8)13/h5,7H,4,6,13H2,1-3H3,(H,14,19). The van der Waals surface area contributed by atoms with E-state index in [1.54, 1.807) is 35.7 Å². The highest BCUT2D eigenvalue weighted by atomic mass is 16.2. The SMILES string of the molecule is CCc1cc(C(=O)NCc2cnn(C)c2N)n(C)n1. The van der Waals surface area contributed by atoms with Gasteiger partial charge in [-0.2, -0.15) is 10.2 Å². The molecule has 3 N–H and O–H groups in total. The third kappa shape index (κ3) is 2.59. The minimum Gasteiger partial charge on any atom is -0.384 e. The van der Waals surface area contributed by atoms with Gasteiger partial charge in [0.1, 0.15) is 11.5 Å². The summed E-state index contributed by atoms with van der Waals surface area (Å²) in [6, 6.07) is 1.79. The van der Waals surface area contributed by atoms with Crippen molar-refractivity contribution in [1.29, 1.82) is 0 Å². The third-order valence-corrected chi connectivity index (χ3v) is 3.03. The van der Waals surface area contributed by atoms with Crippen LogP contribution in [0.3, 0.4) is 0 Å². The summed E-state index contributed by atoms with van der Waals surface area (Å²) in [6.07, 6.45) is 2.45. The highest BCUT2D eigenvalue weighted by molar-refractivity contribution is 5.92. The molecule has 0 unspecified atom stereocenters. The first kappa shape index (κ1) is 13.1. The lowest BCUT2D eigenvalue weighted by atomic mass is 10.3. The van der Waals surface area contributed by atoms with Gasteiger partial charge in [0.2, 0.25) is 0 Å². The van der Waals surface area contributed by atoms with Gasteiger partial charge in [-0.05, 0) is 12.5 Å². The molecule has 102 valence electrons. The average Bonchev–Trinajstić information content (AvgIpc) is 2.92. The second-order valence-corrected chi connectivity index (χ2v) is 4.36. The van der Waals surface area contributed by atoms with Crippen LogP contribution < -0.4 is 11.1 Å². The molecule has 0 radical (unpaired) electrons. The molecule has 7 nitrogen and oxygen atoms in total. The van der Waals surface area contributed by atoms with Crippen molar-refractivity contribution >= 4 is 11.7 Å². The van der Waals surface area contributed by atoms with Crippen LogP contribution in [-0.4, -0.2) is 25.5 Å². The molecule has 0 saturated heterocycles. The number of nitrogens with zero attached hydrogens (tertiary/aromatic N) is 4. The molecule has 0 aromatic carbocycles. The Kier molecular flexibility index (Phi) is 3.55. The number of nitrogens with two attached hydrogens (primary N) is 1. The second kappa shape index (κ2) is 5.13. The van der Waals surface area contributed by atoms with E-state index in [0.29, 0.717) is 18.1 Å². The molecule has 2 aromatic heterocycles. The largest absolute Gasteiger partial charge is 0.384 e. The van der Waals surface area contributed by atoms with Gasteiger partial charge in [0.05, 0.1) is 11.9 Å².